The van der Waals surface area contributed by atoms with Gasteiger partial charge in [-0.25, -0.2) is 4.79 Å². The molecule has 4 N–H and O–H groups in total. The maximum absolute atomic E-state index is 12.2. The molecule has 1 aliphatic rings. The van der Waals surface area contributed by atoms with Crippen LogP contribution in [0, 0.1) is 5.41 Å². The third kappa shape index (κ3) is 3.62. The van der Waals surface area contributed by atoms with E-state index >= 15 is 0 Å². The SMILES string of the molecule is CSCC[C@H](NC(=O)C1(CN)CCCC1)C(=O)O. The molecule has 0 aromatic rings. The number of amides is 1. The third-order valence-corrected chi connectivity index (χ3v) is 4.29. The van der Waals surface area contributed by atoms with Crippen molar-refractivity contribution < 1.29 is 14.7 Å². The van der Waals surface area contributed by atoms with Crippen LogP contribution in [0.15, 0.2) is 0 Å². The van der Waals surface area contributed by atoms with Gasteiger partial charge in [0.25, 0.3) is 0 Å². The summed E-state index contributed by atoms with van der Waals surface area (Å²) in [4.78, 5) is 23.3. The Morgan fingerprint density at radius 2 is 2.06 bits per heavy atom. The standard InChI is InChI=1S/C12H22N2O3S/c1-18-7-4-9(10(15)16)14-11(17)12(8-13)5-2-3-6-12/h9H,2-8,13H2,1H3,(H,14,17)(H,15,16)/t9-/m0/s1. The van der Waals surface area contributed by atoms with Gasteiger partial charge in [0.1, 0.15) is 6.04 Å². The molecule has 0 radical (unpaired) electrons. The highest BCUT2D eigenvalue weighted by Gasteiger charge is 2.41. The van der Waals surface area contributed by atoms with Gasteiger partial charge in [0, 0.05) is 6.54 Å². The number of carboxylic acid groups (broad SMARTS) is 1. The van der Waals surface area contributed by atoms with Crippen molar-refractivity contribution in [3.05, 3.63) is 0 Å². The summed E-state index contributed by atoms with van der Waals surface area (Å²) in [6.07, 6.45) is 5.89. The molecule has 0 unspecified atom stereocenters. The zero-order chi connectivity index (χ0) is 13.6. The lowest BCUT2D eigenvalue weighted by molar-refractivity contribution is -0.143. The van der Waals surface area contributed by atoms with Gasteiger partial charge in [0.2, 0.25) is 5.91 Å². The molecule has 1 saturated carbocycles. The molecule has 1 amide bonds. The van der Waals surface area contributed by atoms with E-state index in [0.29, 0.717) is 18.7 Å². The monoisotopic (exact) mass is 274 g/mol. The van der Waals surface area contributed by atoms with Crippen molar-refractivity contribution in [3.8, 4) is 0 Å². The molecule has 18 heavy (non-hydrogen) atoms. The molecule has 1 fully saturated rings. The Kier molecular flexibility index (Phi) is 5.95. The first-order valence-electron chi connectivity index (χ1n) is 6.28. The van der Waals surface area contributed by atoms with Crippen molar-refractivity contribution in [3.63, 3.8) is 0 Å². The lowest BCUT2D eigenvalue weighted by atomic mass is 9.85. The van der Waals surface area contributed by atoms with Gasteiger partial charge in [-0.3, -0.25) is 4.79 Å². The third-order valence-electron chi connectivity index (χ3n) is 3.65. The molecule has 0 aliphatic heterocycles. The highest BCUT2D eigenvalue weighted by Crippen LogP contribution is 2.37. The fraction of sp³-hybridized carbons (Fsp3) is 0.833. The van der Waals surface area contributed by atoms with Crippen molar-refractivity contribution in [1.82, 2.24) is 5.32 Å². The molecule has 0 bridgehead atoms. The van der Waals surface area contributed by atoms with Crippen LogP contribution in [0.5, 0.6) is 0 Å². The maximum Gasteiger partial charge on any atom is 0.326 e. The molecule has 0 aromatic carbocycles. The van der Waals surface area contributed by atoms with Gasteiger partial charge < -0.3 is 16.2 Å². The van der Waals surface area contributed by atoms with Crippen LogP contribution in [0.3, 0.4) is 0 Å². The highest BCUT2D eigenvalue weighted by atomic mass is 32.2. The van der Waals surface area contributed by atoms with E-state index < -0.39 is 17.4 Å². The molecule has 6 heteroatoms. The highest BCUT2D eigenvalue weighted by molar-refractivity contribution is 7.98. The lowest BCUT2D eigenvalue weighted by Crippen LogP contribution is -2.50. The molecule has 0 heterocycles. The number of rotatable bonds is 7. The first kappa shape index (κ1) is 15.3. The molecule has 104 valence electrons. The van der Waals surface area contributed by atoms with Gasteiger partial charge in [-0.2, -0.15) is 11.8 Å². The fourth-order valence-corrected chi connectivity index (χ4v) is 2.85. The summed E-state index contributed by atoms with van der Waals surface area (Å²) in [5, 5.41) is 11.7. The summed E-state index contributed by atoms with van der Waals surface area (Å²) in [6.45, 7) is 0.299. The average molecular weight is 274 g/mol. The van der Waals surface area contributed by atoms with Gasteiger partial charge in [-0.1, -0.05) is 12.8 Å². The molecule has 0 spiro atoms. The number of nitrogens with two attached hydrogens (primary N) is 1. The average Bonchev–Trinajstić information content (AvgIpc) is 2.83. The van der Waals surface area contributed by atoms with Gasteiger partial charge in [-0.05, 0) is 31.3 Å². The summed E-state index contributed by atoms with van der Waals surface area (Å²) in [5.74, 6) is -0.439. The number of carbonyl (C=O) groups is 2. The Labute approximate surface area is 112 Å². The molecule has 1 aliphatic carbocycles. The quantitative estimate of drug-likeness (QED) is 0.639. The Hall–Kier alpha value is -0.750. The molecule has 1 atom stereocenters. The number of nitrogens with one attached hydrogen (secondary N) is 1. The second-order valence-corrected chi connectivity index (χ2v) is 5.82. The van der Waals surface area contributed by atoms with E-state index in [-0.39, 0.29) is 5.91 Å². The number of carboxylic acids is 1. The van der Waals surface area contributed by atoms with Crippen LogP contribution in [0.25, 0.3) is 0 Å². The summed E-state index contributed by atoms with van der Waals surface area (Å²) in [5.41, 5.74) is 5.17. The lowest BCUT2D eigenvalue weighted by Gasteiger charge is -2.27. The van der Waals surface area contributed by atoms with Gasteiger partial charge in [0.15, 0.2) is 0 Å². The zero-order valence-electron chi connectivity index (χ0n) is 10.8. The summed E-state index contributed by atoms with van der Waals surface area (Å²) < 4.78 is 0. The summed E-state index contributed by atoms with van der Waals surface area (Å²) in [6, 6.07) is -0.797. The van der Waals surface area contributed by atoms with E-state index in [4.69, 9.17) is 10.8 Å². The van der Waals surface area contributed by atoms with Gasteiger partial charge in [-0.15, -0.1) is 0 Å². The number of carbonyl (C=O) groups excluding carboxylic acids is 1. The normalized spacial score (nSPS) is 19.4. The molecular formula is C12H22N2O3S. The van der Waals surface area contributed by atoms with Gasteiger partial charge in [0.05, 0.1) is 5.41 Å². The number of hydrogen-bond acceptors (Lipinski definition) is 4. The topological polar surface area (TPSA) is 92.4 Å². The Morgan fingerprint density at radius 1 is 1.44 bits per heavy atom. The second kappa shape index (κ2) is 6.99. The van der Waals surface area contributed by atoms with Crippen molar-refractivity contribution in [2.45, 2.75) is 38.1 Å². The van der Waals surface area contributed by atoms with E-state index in [0.717, 1.165) is 25.7 Å². The van der Waals surface area contributed by atoms with Crippen LogP contribution in [-0.2, 0) is 9.59 Å². The van der Waals surface area contributed by atoms with Crippen LogP contribution < -0.4 is 11.1 Å². The minimum absolute atomic E-state index is 0.184. The largest absolute Gasteiger partial charge is 0.480 e. The summed E-state index contributed by atoms with van der Waals surface area (Å²) >= 11 is 1.57. The Bertz CT molecular complexity index is 304. The molecule has 0 saturated heterocycles. The number of thioether (sulfide) groups is 1. The van der Waals surface area contributed by atoms with E-state index in [2.05, 4.69) is 5.32 Å². The molecule has 1 rings (SSSR count). The number of hydrogen-bond donors (Lipinski definition) is 3. The summed E-state index contributed by atoms with van der Waals surface area (Å²) in [7, 11) is 0. The van der Waals surface area contributed by atoms with Crippen LogP contribution >= 0.6 is 11.8 Å². The fourth-order valence-electron chi connectivity index (χ4n) is 2.38. The first-order valence-corrected chi connectivity index (χ1v) is 7.68. The predicted octanol–water partition coefficient (Wildman–Crippen LogP) is 0.828. The van der Waals surface area contributed by atoms with Crippen LogP contribution in [-0.4, -0.2) is 41.6 Å². The minimum atomic E-state index is -0.970. The predicted molar refractivity (Wildman–Crippen MR) is 72.5 cm³/mol. The van der Waals surface area contributed by atoms with Crippen molar-refractivity contribution in [1.29, 1.82) is 0 Å². The zero-order valence-corrected chi connectivity index (χ0v) is 11.6. The van der Waals surface area contributed by atoms with Crippen LogP contribution in [0.2, 0.25) is 0 Å². The van der Waals surface area contributed by atoms with Crippen molar-refractivity contribution in [2.75, 3.05) is 18.6 Å². The number of aliphatic carboxylic acids is 1. The van der Waals surface area contributed by atoms with Crippen LogP contribution in [0.1, 0.15) is 32.1 Å². The smallest absolute Gasteiger partial charge is 0.326 e. The van der Waals surface area contributed by atoms with Gasteiger partial charge >= 0.3 is 5.97 Å². The van der Waals surface area contributed by atoms with E-state index in [9.17, 15) is 9.59 Å². The van der Waals surface area contributed by atoms with Crippen molar-refractivity contribution in [2.24, 2.45) is 11.1 Å². The van der Waals surface area contributed by atoms with Crippen molar-refractivity contribution >= 4 is 23.6 Å². The maximum atomic E-state index is 12.2. The van der Waals surface area contributed by atoms with E-state index in [1.807, 2.05) is 6.26 Å². The molecule has 0 aromatic heterocycles. The van der Waals surface area contributed by atoms with E-state index in [1.165, 1.54) is 0 Å². The Balaban J connectivity index is 2.62. The first-order chi connectivity index (χ1) is 8.55. The minimum Gasteiger partial charge on any atom is -0.480 e. The Morgan fingerprint density at radius 3 is 2.50 bits per heavy atom. The molecule has 5 nitrogen and oxygen atoms in total. The van der Waals surface area contributed by atoms with Crippen LogP contribution in [0.4, 0.5) is 0 Å². The van der Waals surface area contributed by atoms with E-state index in [1.54, 1.807) is 11.8 Å². The second-order valence-electron chi connectivity index (χ2n) is 4.84. The molecular weight excluding hydrogens is 252 g/mol.